The average molecular weight is 855 g/mol. The Kier molecular flexibility index (Phi) is 13.0. The molecule has 0 unspecified atom stereocenters. The molecule has 64 heavy (non-hydrogen) atoms. The second kappa shape index (κ2) is 19.6. The van der Waals surface area contributed by atoms with E-state index in [0.29, 0.717) is 51.9 Å². The van der Waals surface area contributed by atoms with Crippen LogP contribution in [-0.4, -0.2) is 66.8 Å². The molecule has 0 aromatic carbocycles. The Morgan fingerprint density at radius 3 is 0.844 bits per heavy atom. The van der Waals surface area contributed by atoms with Crippen LogP contribution in [0.1, 0.15) is 48.5 Å². The molecule has 2 aliphatic heterocycles. The molecular weight excluding hydrogens is 801 g/mol. The summed E-state index contributed by atoms with van der Waals surface area (Å²) in [6.07, 6.45) is 27.5. The van der Waals surface area contributed by atoms with Crippen molar-refractivity contribution in [1.29, 1.82) is 0 Å². The first-order chi connectivity index (χ1) is 31.5. The molecule has 2 aliphatic rings. The van der Waals surface area contributed by atoms with Crippen molar-refractivity contribution < 1.29 is 38.7 Å². The van der Waals surface area contributed by atoms with E-state index in [0.717, 1.165) is 89.4 Å². The van der Waals surface area contributed by atoms with Crippen LogP contribution in [0.2, 0.25) is 0 Å². The predicted molar refractivity (Wildman–Crippen MR) is 248 cm³/mol. The number of H-pyrrole nitrogens is 2. The number of rotatable bonds is 16. The minimum atomic E-state index is 0.102. The standard InChI is InChI=1S/C52H54N8O4/c61-29-5-25-57-21-1-9-37(33-57)49-41-13-15-43(53-41)50(38-10-2-22-58(34-38)26-6-30-62)45-17-19-47(55-45)52(40-12-4-24-60(36-40)28-8-32-64)48-20-18-46(56-48)51(44-16-14-42(49)54-44)39-11-3-23-59(35-39)27-7-31-63/h1-4,9-24,33-36,53,56,61-64H,5-8,25-32H2/q+4. The summed E-state index contributed by atoms with van der Waals surface area (Å²) in [6, 6.07) is 25.0. The molecule has 0 saturated heterocycles. The van der Waals surface area contributed by atoms with Crippen LogP contribution in [0.25, 0.3) is 90.9 Å². The third-order valence-corrected chi connectivity index (χ3v) is 11.6. The highest BCUT2D eigenvalue weighted by atomic mass is 16.3. The number of aromatic amines is 2. The zero-order chi connectivity index (χ0) is 43.8. The van der Waals surface area contributed by atoms with E-state index in [9.17, 15) is 20.4 Å². The van der Waals surface area contributed by atoms with E-state index in [1.54, 1.807) is 0 Å². The fraction of sp³-hybridized carbons (Fsp3) is 0.231. The summed E-state index contributed by atoms with van der Waals surface area (Å²) in [4.78, 5) is 18.6. The smallest absolute Gasteiger partial charge is 0.176 e. The van der Waals surface area contributed by atoms with Gasteiger partial charge >= 0.3 is 0 Å². The first-order valence-corrected chi connectivity index (χ1v) is 22.1. The van der Waals surface area contributed by atoms with Gasteiger partial charge in [0.25, 0.3) is 0 Å². The molecular formula is C52H54N8O4+4. The molecule has 0 spiro atoms. The molecule has 0 amide bonds. The van der Waals surface area contributed by atoms with Gasteiger partial charge in [-0.15, -0.1) is 0 Å². The Morgan fingerprint density at radius 1 is 0.359 bits per heavy atom. The summed E-state index contributed by atoms with van der Waals surface area (Å²) in [5.41, 5.74) is 14.3. The predicted octanol–water partition coefficient (Wildman–Crippen LogP) is 6.00. The quantitative estimate of drug-likeness (QED) is 0.0656. The first-order valence-electron chi connectivity index (χ1n) is 22.1. The monoisotopic (exact) mass is 854 g/mol. The zero-order valence-electron chi connectivity index (χ0n) is 35.8. The van der Waals surface area contributed by atoms with Crippen LogP contribution in [0.15, 0.2) is 122 Å². The number of pyridine rings is 4. The zero-order valence-corrected chi connectivity index (χ0v) is 35.8. The van der Waals surface area contributed by atoms with Gasteiger partial charge < -0.3 is 30.4 Å². The van der Waals surface area contributed by atoms with Gasteiger partial charge in [-0.25, -0.2) is 28.2 Å². The van der Waals surface area contributed by atoms with Gasteiger partial charge in [-0.3, -0.25) is 0 Å². The minimum absolute atomic E-state index is 0.102. The van der Waals surface area contributed by atoms with Crippen molar-refractivity contribution in [2.24, 2.45) is 0 Å². The van der Waals surface area contributed by atoms with E-state index >= 15 is 0 Å². The van der Waals surface area contributed by atoms with E-state index in [1.807, 2.05) is 49.1 Å². The number of hydrogen-bond donors (Lipinski definition) is 6. The molecule has 0 aliphatic carbocycles. The van der Waals surface area contributed by atoms with Crippen molar-refractivity contribution in [1.82, 2.24) is 19.9 Å². The Hall–Kier alpha value is -6.96. The Balaban J connectivity index is 1.41. The summed E-state index contributed by atoms with van der Waals surface area (Å²) < 4.78 is 8.43. The molecule has 9 heterocycles. The van der Waals surface area contributed by atoms with Crippen molar-refractivity contribution in [2.75, 3.05) is 26.4 Å². The Bertz CT molecular complexity index is 2650. The van der Waals surface area contributed by atoms with E-state index in [2.05, 4.69) is 126 Å². The number of nitrogens with one attached hydrogen (secondary N) is 2. The molecule has 12 heteroatoms. The van der Waals surface area contributed by atoms with Gasteiger partial charge in [0.05, 0.1) is 22.8 Å². The van der Waals surface area contributed by atoms with Gasteiger partial charge in [0.1, 0.15) is 0 Å². The molecule has 322 valence electrons. The third kappa shape index (κ3) is 9.08. The average Bonchev–Trinajstić information content (AvgIpc) is 4.18. The highest BCUT2D eigenvalue weighted by molar-refractivity contribution is 5.99. The summed E-state index contributed by atoms with van der Waals surface area (Å²) in [7, 11) is 0. The third-order valence-electron chi connectivity index (χ3n) is 11.6. The maximum absolute atomic E-state index is 9.69. The van der Waals surface area contributed by atoms with Crippen LogP contribution in [-0.2, 0) is 26.2 Å². The summed E-state index contributed by atoms with van der Waals surface area (Å²) >= 11 is 0. The molecule has 0 fully saturated rings. The van der Waals surface area contributed by atoms with Crippen LogP contribution < -0.4 is 18.3 Å². The highest BCUT2D eigenvalue weighted by Gasteiger charge is 2.22. The van der Waals surface area contributed by atoms with Crippen LogP contribution in [0.4, 0.5) is 0 Å². The van der Waals surface area contributed by atoms with Crippen LogP contribution in [0.3, 0.4) is 0 Å². The maximum Gasteiger partial charge on any atom is 0.176 e. The molecule has 0 radical (unpaired) electrons. The lowest BCUT2D eigenvalue weighted by atomic mass is 10.1. The van der Waals surface area contributed by atoms with Gasteiger partial charge in [-0.2, -0.15) is 0 Å². The van der Waals surface area contributed by atoms with Gasteiger partial charge in [0.15, 0.2) is 75.8 Å². The molecule has 0 atom stereocenters. The number of fused-ring (bicyclic) bond motifs is 8. The van der Waals surface area contributed by atoms with Gasteiger partial charge in [0.2, 0.25) is 0 Å². The van der Waals surface area contributed by atoms with Crippen molar-refractivity contribution in [3.8, 4) is 44.5 Å². The Morgan fingerprint density at radius 2 is 0.609 bits per heavy atom. The van der Waals surface area contributed by atoms with Crippen LogP contribution in [0, 0.1) is 0 Å². The molecule has 8 bridgehead atoms. The fourth-order valence-corrected chi connectivity index (χ4v) is 8.67. The Labute approximate surface area is 371 Å². The number of hydrogen-bond acceptors (Lipinski definition) is 6. The topological polar surface area (TPSA) is 154 Å². The number of aliphatic hydroxyl groups is 4. The minimum Gasteiger partial charge on any atom is -0.396 e. The summed E-state index contributed by atoms with van der Waals surface area (Å²) in [5, 5.41) is 38.7. The second-order valence-electron chi connectivity index (χ2n) is 16.1. The van der Waals surface area contributed by atoms with E-state index in [4.69, 9.17) is 9.97 Å². The molecule has 6 N–H and O–H groups in total. The maximum atomic E-state index is 9.69. The van der Waals surface area contributed by atoms with E-state index in [1.165, 1.54) is 0 Å². The second-order valence-corrected chi connectivity index (χ2v) is 16.1. The summed E-state index contributed by atoms with van der Waals surface area (Å²) in [6.45, 7) is 3.09. The van der Waals surface area contributed by atoms with E-state index in [-0.39, 0.29) is 26.4 Å². The number of nitrogens with zero attached hydrogens (tertiary/aromatic N) is 6. The lowest BCUT2D eigenvalue weighted by molar-refractivity contribution is -0.697. The lowest BCUT2D eigenvalue weighted by Gasteiger charge is -2.06. The van der Waals surface area contributed by atoms with Crippen molar-refractivity contribution in [3.63, 3.8) is 0 Å². The number of aryl methyl sites for hydroxylation is 4. The first kappa shape index (κ1) is 42.3. The molecule has 7 aromatic rings. The van der Waals surface area contributed by atoms with Crippen LogP contribution in [0.5, 0.6) is 0 Å². The van der Waals surface area contributed by atoms with Crippen molar-refractivity contribution >= 4 is 46.4 Å². The van der Waals surface area contributed by atoms with Crippen molar-refractivity contribution in [3.05, 3.63) is 145 Å². The number of aliphatic hydroxyl groups excluding tert-OH is 4. The van der Waals surface area contributed by atoms with Gasteiger partial charge in [-0.05, 0) is 72.8 Å². The molecule has 0 saturated carbocycles. The lowest BCUT2D eigenvalue weighted by Crippen LogP contribution is -2.33. The molecule has 9 rings (SSSR count). The molecule has 7 aromatic heterocycles. The number of aromatic nitrogens is 8. The van der Waals surface area contributed by atoms with Gasteiger partial charge in [0, 0.05) is 143 Å². The summed E-state index contributed by atoms with van der Waals surface area (Å²) in [5.74, 6) is 0. The molecule has 12 nitrogen and oxygen atoms in total. The van der Waals surface area contributed by atoms with Crippen LogP contribution >= 0.6 is 0 Å². The normalized spacial score (nSPS) is 12.1. The highest BCUT2D eigenvalue weighted by Crippen LogP contribution is 2.37. The van der Waals surface area contributed by atoms with Crippen molar-refractivity contribution in [2.45, 2.75) is 51.9 Å². The fourth-order valence-electron chi connectivity index (χ4n) is 8.67. The largest absolute Gasteiger partial charge is 0.396 e. The SMILES string of the molecule is OCCC[n+]1cccc(-c2c3nc(c(-c4ccc[n+](CCCO)c4)c4ccc([nH]4)c(-c4ccc[n+](CCCO)c4)c4nc(c(-c5ccc[n+](CCCO)c5)c5ccc2[nH]5)C=C4)C=C3)c1. The van der Waals surface area contributed by atoms with E-state index < -0.39 is 0 Å². The van der Waals surface area contributed by atoms with Gasteiger partial charge in [-0.1, -0.05) is 0 Å².